The number of halogens is 1. The summed E-state index contributed by atoms with van der Waals surface area (Å²) in [6, 6.07) is 19.0. The van der Waals surface area contributed by atoms with Gasteiger partial charge in [0.25, 0.3) is 0 Å². The molecule has 164 valence electrons. The second-order valence-corrected chi connectivity index (χ2v) is 8.62. The zero-order valence-electron chi connectivity index (χ0n) is 17.6. The number of pyridine rings is 1. The Bertz CT molecular complexity index is 1340. The Kier molecular flexibility index (Phi) is 4.77. The maximum absolute atomic E-state index is 13.5. The maximum atomic E-state index is 13.5. The first-order valence-corrected chi connectivity index (χ1v) is 11.1. The summed E-state index contributed by atoms with van der Waals surface area (Å²) in [7, 11) is 0. The van der Waals surface area contributed by atoms with Crippen molar-refractivity contribution in [1.82, 2.24) is 9.97 Å². The summed E-state index contributed by atoms with van der Waals surface area (Å²) in [4.78, 5) is 26.5. The van der Waals surface area contributed by atoms with Crippen molar-refractivity contribution in [3.63, 3.8) is 0 Å². The third-order valence-corrected chi connectivity index (χ3v) is 6.36. The number of anilines is 3. The van der Waals surface area contributed by atoms with Gasteiger partial charge in [-0.2, -0.15) is 0 Å². The van der Waals surface area contributed by atoms with E-state index in [0.717, 1.165) is 42.0 Å². The van der Waals surface area contributed by atoms with Gasteiger partial charge in [-0.05, 0) is 42.8 Å². The van der Waals surface area contributed by atoms with Gasteiger partial charge in [-0.15, -0.1) is 0 Å². The number of amides is 2. The van der Waals surface area contributed by atoms with E-state index in [9.17, 15) is 4.79 Å². The first-order valence-electron chi connectivity index (χ1n) is 10.8. The molecule has 33 heavy (non-hydrogen) atoms. The number of rotatable bonds is 3. The van der Waals surface area contributed by atoms with Crippen molar-refractivity contribution >= 4 is 34.8 Å². The largest absolute Gasteiger partial charge is 0.444 e. The van der Waals surface area contributed by atoms with Gasteiger partial charge in [0.2, 0.25) is 0 Å². The smallest absolute Gasteiger partial charge is 0.327 e. The Morgan fingerprint density at radius 3 is 2.82 bits per heavy atom. The van der Waals surface area contributed by atoms with E-state index < -0.39 is 0 Å². The van der Waals surface area contributed by atoms with Crippen LogP contribution in [0.3, 0.4) is 0 Å². The van der Waals surface area contributed by atoms with Crippen molar-refractivity contribution in [2.75, 3.05) is 28.2 Å². The van der Waals surface area contributed by atoms with Crippen molar-refractivity contribution < 1.29 is 9.21 Å². The molecule has 2 aromatic carbocycles. The Morgan fingerprint density at radius 1 is 1.09 bits per heavy atom. The van der Waals surface area contributed by atoms with Gasteiger partial charge in [0, 0.05) is 34.9 Å². The van der Waals surface area contributed by atoms with Crippen LogP contribution in [0.25, 0.3) is 22.6 Å². The Morgan fingerprint density at radius 2 is 1.97 bits per heavy atom. The molecule has 2 aliphatic rings. The lowest BCUT2D eigenvalue weighted by Gasteiger charge is -2.36. The summed E-state index contributed by atoms with van der Waals surface area (Å²) in [5, 5.41) is 3.70. The molecule has 0 unspecified atom stereocenters. The standard InChI is InChI=1S/C25H20ClN5O2/c26-18-5-1-3-16(11-18)21-7-8-22-24(29-21)31(20-9-10-30(22)14-20)25(32)28-19-6-2-4-17(12-19)23-13-27-15-33-23/h1-8,11-13,15,20H,9-10,14H2,(H,28,32)/t20-/m0/s1. The van der Waals surface area contributed by atoms with Crippen LogP contribution < -0.4 is 15.1 Å². The molecule has 4 heterocycles. The molecule has 1 N–H and O–H groups in total. The molecule has 2 aliphatic heterocycles. The van der Waals surface area contributed by atoms with Gasteiger partial charge >= 0.3 is 6.03 Å². The maximum Gasteiger partial charge on any atom is 0.327 e. The normalized spacial score (nSPS) is 16.6. The lowest BCUT2D eigenvalue weighted by molar-refractivity contribution is 0.255. The molecular formula is C25H20ClN5O2. The molecule has 2 aromatic heterocycles. The van der Waals surface area contributed by atoms with Crippen LogP contribution in [0, 0.1) is 0 Å². The minimum absolute atomic E-state index is 0.0667. The highest BCUT2D eigenvalue weighted by atomic mass is 35.5. The van der Waals surface area contributed by atoms with Crippen molar-refractivity contribution in [2.45, 2.75) is 12.5 Å². The number of benzene rings is 2. The van der Waals surface area contributed by atoms with Crippen LogP contribution in [0.15, 0.2) is 77.7 Å². The van der Waals surface area contributed by atoms with Crippen LogP contribution in [-0.2, 0) is 0 Å². The van der Waals surface area contributed by atoms with E-state index in [1.165, 1.54) is 6.39 Å². The van der Waals surface area contributed by atoms with Gasteiger partial charge in [-0.3, -0.25) is 4.90 Å². The van der Waals surface area contributed by atoms with Crippen molar-refractivity contribution in [3.8, 4) is 22.6 Å². The van der Waals surface area contributed by atoms with E-state index in [1.54, 1.807) is 11.1 Å². The third kappa shape index (κ3) is 3.60. The summed E-state index contributed by atoms with van der Waals surface area (Å²) in [5.74, 6) is 1.32. The zero-order valence-corrected chi connectivity index (χ0v) is 18.4. The minimum Gasteiger partial charge on any atom is -0.444 e. The summed E-state index contributed by atoms with van der Waals surface area (Å²) in [6.45, 7) is 1.71. The number of hydrogen-bond acceptors (Lipinski definition) is 5. The van der Waals surface area contributed by atoms with Gasteiger partial charge < -0.3 is 14.6 Å². The minimum atomic E-state index is -0.201. The number of nitrogens with zero attached hydrogens (tertiary/aromatic N) is 4. The van der Waals surface area contributed by atoms with Gasteiger partial charge in [0.05, 0.1) is 23.6 Å². The van der Waals surface area contributed by atoms with E-state index in [-0.39, 0.29) is 12.1 Å². The van der Waals surface area contributed by atoms with E-state index in [4.69, 9.17) is 21.0 Å². The van der Waals surface area contributed by atoms with Crippen LogP contribution in [-0.4, -0.2) is 35.1 Å². The van der Waals surface area contributed by atoms with E-state index in [0.29, 0.717) is 22.3 Å². The number of oxazole rings is 1. The molecular weight excluding hydrogens is 438 g/mol. The number of hydrogen-bond donors (Lipinski definition) is 1. The van der Waals surface area contributed by atoms with E-state index in [2.05, 4.69) is 15.2 Å². The Labute approximate surface area is 195 Å². The Balaban J connectivity index is 1.34. The molecule has 1 fully saturated rings. The molecule has 0 spiro atoms. The molecule has 4 aromatic rings. The second kappa shape index (κ2) is 7.94. The Hall–Kier alpha value is -3.84. The van der Waals surface area contributed by atoms with Crippen LogP contribution in [0.2, 0.25) is 5.02 Å². The number of aromatic nitrogens is 2. The summed E-state index contributed by atoms with van der Waals surface area (Å²) < 4.78 is 5.39. The predicted octanol–water partition coefficient (Wildman–Crippen LogP) is 5.69. The first kappa shape index (κ1) is 19.8. The average Bonchev–Trinajstić information content (AvgIpc) is 3.51. The number of carbonyl (C=O) groups is 1. The van der Waals surface area contributed by atoms with Crippen molar-refractivity contribution in [3.05, 3.63) is 78.3 Å². The van der Waals surface area contributed by atoms with Gasteiger partial charge in [0.15, 0.2) is 18.0 Å². The van der Waals surface area contributed by atoms with Crippen LogP contribution >= 0.6 is 11.6 Å². The van der Waals surface area contributed by atoms with Crippen LogP contribution in [0.4, 0.5) is 22.0 Å². The fourth-order valence-corrected chi connectivity index (χ4v) is 4.76. The van der Waals surface area contributed by atoms with Gasteiger partial charge in [-0.25, -0.2) is 14.8 Å². The molecule has 1 atom stereocenters. The topological polar surface area (TPSA) is 74.5 Å². The summed E-state index contributed by atoms with van der Waals surface area (Å²) in [6.07, 6.45) is 3.94. The highest BCUT2D eigenvalue weighted by Gasteiger charge is 2.40. The lowest BCUT2D eigenvalue weighted by Crippen LogP contribution is -2.48. The van der Waals surface area contributed by atoms with Crippen molar-refractivity contribution in [2.24, 2.45) is 0 Å². The van der Waals surface area contributed by atoms with E-state index >= 15 is 0 Å². The van der Waals surface area contributed by atoms with E-state index in [1.807, 2.05) is 60.7 Å². The van der Waals surface area contributed by atoms with Gasteiger partial charge in [-0.1, -0.05) is 35.9 Å². The molecule has 1 saturated heterocycles. The first-order chi connectivity index (χ1) is 16.2. The molecule has 2 bridgehead atoms. The van der Waals surface area contributed by atoms with Crippen molar-refractivity contribution in [1.29, 1.82) is 0 Å². The third-order valence-electron chi connectivity index (χ3n) is 6.12. The SMILES string of the molecule is O=C(Nc1cccc(-c2cnco2)c1)N1c2nc(-c3cccc(Cl)c3)ccc2N2CC[C@H]1C2. The quantitative estimate of drug-likeness (QED) is 0.428. The predicted molar refractivity (Wildman–Crippen MR) is 129 cm³/mol. The zero-order chi connectivity index (χ0) is 22.4. The summed E-state index contributed by atoms with van der Waals surface area (Å²) >= 11 is 6.19. The number of carbonyl (C=O) groups excluding carboxylic acids is 1. The highest BCUT2D eigenvalue weighted by Crippen LogP contribution is 2.40. The molecule has 0 radical (unpaired) electrons. The number of nitrogens with one attached hydrogen (secondary N) is 1. The number of urea groups is 1. The average molecular weight is 458 g/mol. The second-order valence-electron chi connectivity index (χ2n) is 8.18. The molecule has 2 amide bonds. The van der Waals surface area contributed by atoms with Crippen LogP contribution in [0.5, 0.6) is 0 Å². The summed E-state index contributed by atoms with van der Waals surface area (Å²) in [5.41, 5.74) is 4.20. The molecule has 7 nitrogen and oxygen atoms in total. The fourth-order valence-electron chi connectivity index (χ4n) is 4.57. The molecule has 0 saturated carbocycles. The molecule has 0 aliphatic carbocycles. The fraction of sp³-hybridized carbons (Fsp3) is 0.160. The lowest BCUT2D eigenvalue weighted by atomic mass is 10.1. The highest BCUT2D eigenvalue weighted by molar-refractivity contribution is 6.30. The monoisotopic (exact) mass is 457 g/mol. The van der Waals surface area contributed by atoms with Gasteiger partial charge in [0.1, 0.15) is 0 Å². The number of fused-ring (bicyclic) bond motifs is 4. The molecule has 8 heteroatoms. The molecule has 6 rings (SSSR count). The van der Waals surface area contributed by atoms with Crippen LogP contribution in [0.1, 0.15) is 6.42 Å².